The number of benzene rings is 1. The minimum Gasteiger partial charge on any atom is -0.313 e. The molecule has 0 aliphatic carbocycles. The SMILES string of the molecule is CN[C@@H](C)c1ccc(C(C)(C)C)cc1. The normalized spacial score (nSPS) is 14.1. The Labute approximate surface area is 87.5 Å². The minimum atomic E-state index is 0.251. The third-order valence-corrected chi connectivity index (χ3v) is 2.71. The first-order chi connectivity index (χ1) is 6.45. The molecule has 1 nitrogen and oxygen atoms in total. The van der Waals surface area contributed by atoms with E-state index >= 15 is 0 Å². The molecule has 0 spiro atoms. The van der Waals surface area contributed by atoms with Crippen molar-refractivity contribution in [3.63, 3.8) is 0 Å². The van der Waals surface area contributed by atoms with Crippen LogP contribution < -0.4 is 5.32 Å². The summed E-state index contributed by atoms with van der Waals surface area (Å²) in [5.41, 5.74) is 2.99. The lowest BCUT2D eigenvalue weighted by Crippen LogP contribution is -2.14. The fourth-order valence-electron chi connectivity index (χ4n) is 1.44. The van der Waals surface area contributed by atoms with Crippen LogP contribution in [0.3, 0.4) is 0 Å². The maximum absolute atomic E-state index is 3.24. The molecular formula is C13H21N. The Hall–Kier alpha value is -0.820. The number of rotatable bonds is 2. The van der Waals surface area contributed by atoms with E-state index in [1.54, 1.807) is 0 Å². The van der Waals surface area contributed by atoms with Crippen LogP contribution in [0.4, 0.5) is 0 Å². The van der Waals surface area contributed by atoms with Crippen LogP contribution in [0.15, 0.2) is 24.3 Å². The Kier molecular flexibility index (Phi) is 3.33. The second-order valence-electron chi connectivity index (χ2n) is 4.88. The lowest BCUT2D eigenvalue weighted by Gasteiger charge is -2.20. The molecule has 1 heteroatoms. The molecule has 0 bridgehead atoms. The zero-order valence-electron chi connectivity index (χ0n) is 9.89. The van der Waals surface area contributed by atoms with Gasteiger partial charge < -0.3 is 5.32 Å². The Morgan fingerprint density at radius 2 is 1.57 bits per heavy atom. The summed E-state index contributed by atoms with van der Waals surface area (Å²) < 4.78 is 0. The Balaban J connectivity index is 2.89. The molecule has 0 saturated heterocycles. The molecule has 0 aliphatic rings. The Morgan fingerprint density at radius 1 is 1.07 bits per heavy atom. The van der Waals surface area contributed by atoms with E-state index in [1.807, 2.05) is 7.05 Å². The summed E-state index contributed by atoms with van der Waals surface area (Å²) in [5, 5.41) is 3.24. The zero-order chi connectivity index (χ0) is 10.8. The first-order valence-electron chi connectivity index (χ1n) is 5.23. The van der Waals surface area contributed by atoms with Gasteiger partial charge in [0.05, 0.1) is 0 Å². The van der Waals surface area contributed by atoms with Crippen LogP contribution in [0.25, 0.3) is 0 Å². The monoisotopic (exact) mass is 191 g/mol. The average molecular weight is 191 g/mol. The van der Waals surface area contributed by atoms with Gasteiger partial charge in [0, 0.05) is 6.04 Å². The lowest BCUT2D eigenvalue weighted by molar-refractivity contribution is 0.588. The van der Waals surface area contributed by atoms with Crippen LogP contribution in [-0.2, 0) is 5.41 Å². The number of hydrogen-bond donors (Lipinski definition) is 1. The number of nitrogens with one attached hydrogen (secondary N) is 1. The zero-order valence-corrected chi connectivity index (χ0v) is 9.89. The van der Waals surface area contributed by atoms with Gasteiger partial charge in [-0.05, 0) is 30.5 Å². The van der Waals surface area contributed by atoms with Crippen LogP contribution in [0.2, 0.25) is 0 Å². The molecule has 1 aromatic carbocycles. The van der Waals surface area contributed by atoms with Gasteiger partial charge in [0.25, 0.3) is 0 Å². The van der Waals surface area contributed by atoms with Crippen molar-refractivity contribution in [2.75, 3.05) is 7.05 Å². The number of hydrogen-bond acceptors (Lipinski definition) is 1. The topological polar surface area (TPSA) is 12.0 Å². The molecule has 1 atom stereocenters. The lowest BCUT2D eigenvalue weighted by atomic mass is 9.86. The van der Waals surface area contributed by atoms with Crippen molar-refractivity contribution in [1.29, 1.82) is 0 Å². The molecule has 0 unspecified atom stereocenters. The summed E-state index contributed by atoms with van der Waals surface area (Å²) in [6.45, 7) is 8.89. The van der Waals surface area contributed by atoms with Gasteiger partial charge in [-0.25, -0.2) is 0 Å². The van der Waals surface area contributed by atoms with E-state index in [1.165, 1.54) is 11.1 Å². The molecule has 14 heavy (non-hydrogen) atoms. The van der Waals surface area contributed by atoms with Crippen LogP contribution in [0, 0.1) is 0 Å². The third kappa shape index (κ3) is 2.58. The first kappa shape index (κ1) is 11.3. The van der Waals surface area contributed by atoms with E-state index < -0.39 is 0 Å². The fraction of sp³-hybridized carbons (Fsp3) is 0.538. The standard InChI is InChI=1S/C13H21N/c1-10(14-5)11-6-8-12(9-7-11)13(2,3)4/h6-10,14H,1-5H3/t10-/m0/s1. The molecule has 0 aliphatic heterocycles. The average Bonchev–Trinajstić information content (AvgIpc) is 2.15. The summed E-state index contributed by atoms with van der Waals surface area (Å²) in [6.07, 6.45) is 0. The molecule has 1 aromatic rings. The first-order valence-corrected chi connectivity index (χ1v) is 5.23. The van der Waals surface area contributed by atoms with Gasteiger partial charge in [-0.2, -0.15) is 0 Å². The van der Waals surface area contributed by atoms with Gasteiger partial charge in [-0.15, -0.1) is 0 Å². The summed E-state index contributed by atoms with van der Waals surface area (Å²) in [7, 11) is 1.99. The quantitative estimate of drug-likeness (QED) is 0.756. The smallest absolute Gasteiger partial charge is 0.0289 e. The summed E-state index contributed by atoms with van der Waals surface area (Å²) >= 11 is 0. The van der Waals surface area contributed by atoms with Crippen LogP contribution in [0.1, 0.15) is 44.9 Å². The second kappa shape index (κ2) is 4.14. The van der Waals surface area contributed by atoms with Gasteiger partial charge in [0.15, 0.2) is 0 Å². The maximum atomic E-state index is 3.24. The van der Waals surface area contributed by atoms with Crippen LogP contribution >= 0.6 is 0 Å². The molecule has 0 fully saturated rings. The molecule has 1 N–H and O–H groups in total. The van der Waals surface area contributed by atoms with Gasteiger partial charge in [-0.3, -0.25) is 0 Å². The summed E-state index contributed by atoms with van der Waals surface area (Å²) in [6, 6.07) is 9.31. The van der Waals surface area contributed by atoms with Crippen molar-refractivity contribution in [2.45, 2.75) is 39.2 Å². The highest BCUT2D eigenvalue weighted by atomic mass is 14.8. The van der Waals surface area contributed by atoms with Crippen LogP contribution in [-0.4, -0.2) is 7.05 Å². The molecule has 78 valence electrons. The van der Waals surface area contributed by atoms with Crippen molar-refractivity contribution >= 4 is 0 Å². The highest BCUT2D eigenvalue weighted by Gasteiger charge is 2.13. The van der Waals surface area contributed by atoms with Crippen molar-refractivity contribution in [3.8, 4) is 0 Å². The predicted molar refractivity (Wildman–Crippen MR) is 62.6 cm³/mol. The van der Waals surface area contributed by atoms with E-state index in [0.29, 0.717) is 6.04 Å². The van der Waals surface area contributed by atoms with Gasteiger partial charge >= 0.3 is 0 Å². The fourth-order valence-corrected chi connectivity index (χ4v) is 1.44. The Morgan fingerprint density at radius 3 is 1.93 bits per heavy atom. The molecule has 1 rings (SSSR count). The third-order valence-electron chi connectivity index (χ3n) is 2.71. The van der Waals surface area contributed by atoms with E-state index in [9.17, 15) is 0 Å². The summed E-state index contributed by atoms with van der Waals surface area (Å²) in [4.78, 5) is 0. The van der Waals surface area contributed by atoms with Crippen LogP contribution in [0.5, 0.6) is 0 Å². The van der Waals surface area contributed by atoms with Crippen molar-refractivity contribution in [2.24, 2.45) is 0 Å². The molecule has 0 amide bonds. The van der Waals surface area contributed by atoms with Crippen molar-refractivity contribution in [3.05, 3.63) is 35.4 Å². The van der Waals surface area contributed by atoms with E-state index in [2.05, 4.69) is 57.3 Å². The van der Waals surface area contributed by atoms with Crippen molar-refractivity contribution in [1.82, 2.24) is 5.32 Å². The minimum absolute atomic E-state index is 0.251. The van der Waals surface area contributed by atoms with E-state index in [0.717, 1.165) is 0 Å². The van der Waals surface area contributed by atoms with Gasteiger partial charge in [0.2, 0.25) is 0 Å². The molecular weight excluding hydrogens is 170 g/mol. The molecule has 0 aromatic heterocycles. The maximum Gasteiger partial charge on any atom is 0.0289 e. The highest BCUT2D eigenvalue weighted by molar-refractivity contribution is 5.28. The molecule has 0 heterocycles. The van der Waals surface area contributed by atoms with Crippen molar-refractivity contribution < 1.29 is 0 Å². The predicted octanol–water partition coefficient (Wildman–Crippen LogP) is 3.26. The molecule has 0 radical (unpaired) electrons. The van der Waals surface area contributed by atoms with Gasteiger partial charge in [0.1, 0.15) is 0 Å². The second-order valence-corrected chi connectivity index (χ2v) is 4.88. The Bertz CT molecular complexity index is 279. The highest BCUT2D eigenvalue weighted by Crippen LogP contribution is 2.23. The van der Waals surface area contributed by atoms with E-state index in [4.69, 9.17) is 0 Å². The molecule has 0 saturated carbocycles. The van der Waals surface area contributed by atoms with E-state index in [-0.39, 0.29) is 5.41 Å². The summed E-state index contributed by atoms with van der Waals surface area (Å²) in [5.74, 6) is 0. The largest absolute Gasteiger partial charge is 0.313 e. The van der Waals surface area contributed by atoms with Gasteiger partial charge in [-0.1, -0.05) is 45.0 Å².